The summed E-state index contributed by atoms with van der Waals surface area (Å²) in [5.41, 5.74) is 0.674. The van der Waals surface area contributed by atoms with Crippen molar-refractivity contribution in [3.63, 3.8) is 0 Å². The maximum absolute atomic E-state index is 12.6. The number of nitrogens with zero attached hydrogens (tertiary/aromatic N) is 1. The lowest BCUT2D eigenvalue weighted by Gasteiger charge is -2.17. The third-order valence-corrected chi connectivity index (χ3v) is 3.60. The lowest BCUT2D eigenvalue weighted by atomic mass is 10.1. The molecule has 1 amide bonds. The number of ether oxygens (including phenoxy) is 1. The number of amides is 1. The summed E-state index contributed by atoms with van der Waals surface area (Å²) in [6, 6.07) is 12.0. The van der Waals surface area contributed by atoms with Crippen LogP contribution in [-0.2, 0) is 17.5 Å². The molecule has 0 spiro atoms. The number of carbonyl (C=O) groups excluding carboxylic acids is 1. The Morgan fingerprint density at radius 1 is 1.08 bits per heavy atom. The van der Waals surface area contributed by atoms with Crippen molar-refractivity contribution in [1.82, 2.24) is 4.90 Å². The highest BCUT2D eigenvalue weighted by atomic mass is 19.4. The lowest BCUT2D eigenvalue weighted by Crippen LogP contribution is -2.29. The Balaban J connectivity index is 1.84. The minimum absolute atomic E-state index is 0.119. The molecule has 26 heavy (non-hydrogen) atoms. The van der Waals surface area contributed by atoms with Crippen LogP contribution in [0.5, 0.6) is 5.75 Å². The zero-order chi connectivity index (χ0) is 19.2. The average molecular weight is 366 g/mol. The van der Waals surface area contributed by atoms with Gasteiger partial charge in [-0.1, -0.05) is 12.1 Å². The van der Waals surface area contributed by atoms with Crippen molar-refractivity contribution in [2.75, 3.05) is 25.5 Å². The fourth-order valence-corrected chi connectivity index (χ4v) is 2.41. The molecular formula is C19H21F3N2O2. The van der Waals surface area contributed by atoms with Gasteiger partial charge >= 0.3 is 6.18 Å². The van der Waals surface area contributed by atoms with Gasteiger partial charge in [-0.15, -0.1) is 0 Å². The molecule has 0 aliphatic rings. The zero-order valence-electron chi connectivity index (χ0n) is 14.6. The molecular weight excluding hydrogens is 345 g/mol. The van der Waals surface area contributed by atoms with E-state index in [-0.39, 0.29) is 12.5 Å². The molecule has 140 valence electrons. The standard InChI is InChI=1S/C19H21F3N2O2/c1-3-26-17-10-8-16(9-11-17)23-18(25)13-24(2)12-14-4-6-15(7-5-14)19(20,21)22/h4-11H,3,12-13H2,1-2H3,(H,23,25). The third kappa shape index (κ3) is 6.07. The molecule has 2 aromatic carbocycles. The molecule has 0 unspecified atom stereocenters. The molecule has 1 N–H and O–H groups in total. The summed E-state index contributed by atoms with van der Waals surface area (Å²) < 4.78 is 43.0. The van der Waals surface area contributed by atoms with E-state index in [1.165, 1.54) is 12.1 Å². The minimum atomic E-state index is -4.35. The molecule has 2 rings (SSSR count). The maximum atomic E-state index is 12.6. The predicted molar refractivity (Wildman–Crippen MR) is 94.0 cm³/mol. The van der Waals surface area contributed by atoms with Gasteiger partial charge in [-0.05, 0) is 55.9 Å². The number of likely N-dealkylation sites (N-methyl/N-ethyl adjacent to an activating group) is 1. The molecule has 4 nitrogen and oxygen atoms in total. The smallest absolute Gasteiger partial charge is 0.416 e. The van der Waals surface area contributed by atoms with E-state index in [4.69, 9.17) is 4.74 Å². The molecule has 0 fully saturated rings. The lowest BCUT2D eigenvalue weighted by molar-refractivity contribution is -0.137. The first kappa shape index (κ1) is 19.8. The number of nitrogens with one attached hydrogen (secondary N) is 1. The molecule has 0 radical (unpaired) electrons. The molecule has 0 saturated heterocycles. The number of halogens is 3. The molecule has 0 saturated carbocycles. The van der Waals surface area contributed by atoms with Crippen LogP contribution in [0.3, 0.4) is 0 Å². The number of hydrogen-bond donors (Lipinski definition) is 1. The summed E-state index contributed by atoms with van der Waals surface area (Å²) in [7, 11) is 1.73. The predicted octanol–water partition coefficient (Wildman–Crippen LogP) is 4.17. The van der Waals surface area contributed by atoms with E-state index in [9.17, 15) is 18.0 Å². The Morgan fingerprint density at radius 2 is 1.69 bits per heavy atom. The van der Waals surface area contributed by atoms with Crippen molar-refractivity contribution in [2.24, 2.45) is 0 Å². The summed E-state index contributed by atoms with van der Waals surface area (Å²) in [4.78, 5) is 13.8. The highest BCUT2D eigenvalue weighted by Crippen LogP contribution is 2.29. The summed E-state index contributed by atoms with van der Waals surface area (Å²) in [5, 5.41) is 2.77. The van der Waals surface area contributed by atoms with Crippen LogP contribution >= 0.6 is 0 Å². The van der Waals surface area contributed by atoms with Gasteiger partial charge in [0, 0.05) is 12.2 Å². The molecule has 0 atom stereocenters. The van der Waals surface area contributed by atoms with Crippen LogP contribution in [0.2, 0.25) is 0 Å². The normalized spacial score (nSPS) is 11.5. The SMILES string of the molecule is CCOc1ccc(NC(=O)CN(C)Cc2ccc(C(F)(F)F)cc2)cc1. The molecule has 0 bridgehead atoms. The van der Waals surface area contributed by atoms with Crippen LogP contribution in [0.15, 0.2) is 48.5 Å². The minimum Gasteiger partial charge on any atom is -0.494 e. The van der Waals surface area contributed by atoms with Gasteiger partial charge in [-0.3, -0.25) is 9.69 Å². The van der Waals surface area contributed by atoms with E-state index in [0.29, 0.717) is 24.4 Å². The van der Waals surface area contributed by atoms with Crippen LogP contribution in [0, 0.1) is 0 Å². The van der Waals surface area contributed by atoms with Gasteiger partial charge in [0.15, 0.2) is 0 Å². The van der Waals surface area contributed by atoms with Gasteiger partial charge in [0.1, 0.15) is 5.75 Å². The van der Waals surface area contributed by atoms with Gasteiger partial charge in [0.2, 0.25) is 5.91 Å². The van der Waals surface area contributed by atoms with Gasteiger partial charge in [-0.2, -0.15) is 13.2 Å². The van der Waals surface area contributed by atoms with Crippen LogP contribution in [-0.4, -0.2) is 31.0 Å². The molecule has 2 aromatic rings. The monoisotopic (exact) mass is 366 g/mol. The van der Waals surface area contributed by atoms with Gasteiger partial charge in [0.25, 0.3) is 0 Å². The largest absolute Gasteiger partial charge is 0.494 e. The van der Waals surface area contributed by atoms with Crippen LogP contribution in [0.1, 0.15) is 18.1 Å². The van der Waals surface area contributed by atoms with Crippen molar-refractivity contribution in [1.29, 1.82) is 0 Å². The van der Waals surface area contributed by atoms with Gasteiger partial charge in [0.05, 0.1) is 18.7 Å². The van der Waals surface area contributed by atoms with Crippen molar-refractivity contribution in [3.8, 4) is 5.75 Å². The van der Waals surface area contributed by atoms with Gasteiger partial charge in [-0.25, -0.2) is 0 Å². The second-order valence-corrected chi connectivity index (χ2v) is 5.87. The van der Waals surface area contributed by atoms with Crippen molar-refractivity contribution in [2.45, 2.75) is 19.6 Å². The molecule has 0 heterocycles. The second kappa shape index (κ2) is 8.71. The first-order chi connectivity index (χ1) is 12.3. The van der Waals surface area contributed by atoms with Crippen LogP contribution in [0.25, 0.3) is 0 Å². The Labute approximate surface area is 150 Å². The zero-order valence-corrected chi connectivity index (χ0v) is 14.6. The summed E-state index contributed by atoms with van der Waals surface area (Å²) in [5.74, 6) is 0.522. The van der Waals surface area contributed by atoms with Crippen LogP contribution in [0.4, 0.5) is 18.9 Å². The number of rotatable bonds is 7. The summed E-state index contributed by atoms with van der Waals surface area (Å²) >= 11 is 0. The fraction of sp³-hybridized carbons (Fsp3) is 0.316. The van der Waals surface area contributed by atoms with E-state index in [0.717, 1.165) is 17.9 Å². The second-order valence-electron chi connectivity index (χ2n) is 5.87. The third-order valence-electron chi connectivity index (χ3n) is 3.60. The van der Waals surface area contributed by atoms with E-state index >= 15 is 0 Å². The Bertz CT molecular complexity index is 713. The highest BCUT2D eigenvalue weighted by molar-refractivity contribution is 5.92. The number of benzene rings is 2. The molecule has 0 aliphatic carbocycles. The molecule has 7 heteroatoms. The average Bonchev–Trinajstić information content (AvgIpc) is 2.56. The van der Waals surface area contributed by atoms with E-state index in [1.54, 1.807) is 36.2 Å². The Hall–Kier alpha value is -2.54. The number of anilines is 1. The van der Waals surface area contributed by atoms with Crippen molar-refractivity contribution < 1.29 is 22.7 Å². The van der Waals surface area contributed by atoms with Crippen molar-refractivity contribution in [3.05, 3.63) is 59.7 Å². The van der Waals surface area contributed by atoms with E-state index in [1.807, 2.05) is 6.92 Å². The molecule has 0 aromatic heterocycles. The maximum Gasteiger partial charge on any atom is 0.416 e. The van der Waals surface area contributed by atoms with Crippen molar-refractivity contribution >= 4 is 11.6 Å². The topological polar surface area (TPSA) is 41.6 Å². The van der Waals surface area contributed by atoms with Crippen LogP contribution < -0.4 is 10.1 Å². The first-order valence-corrected chi connectivity index (χ1v) is 8.15. The van der Waals surface area contributed by atoms with E-state index < -0.39 is 11.7 Å². The number of hydrogen-bond acceptors (Lipinski definition) is 3. The Kier molecular flexibility index (Phi) is 6.63. The van der Waals surface area contributed by atoms with Gasteiger partial charge < -0.3 is 10.1 Å². The highest BCUT2D eigenvalue weighted by Gasteiger charge is 2.29. The first-order valence-electron chi connectivity index (χ1n) is 8.15. The molecule has 0 aliphatic heterocycles. The Morgan fingerprint density at radius 3 is 2.23 bits per heavy atom. The fourth-order valence-electron chi connectivity index (χ4n) is 2.41. The number of alkyl halides is 3. The number of carbonyl (C=O) groups is 1. The summed E-state index contributed by atoms with van der Waals surface area (Å²) in [6.07, 6.45) is -4.35. The van der Waals surface area contributed by atoms with E-state index in [2.05, 4.69) is 5.32 Å². The quantitative estimate of drug-likeness (QED) is 0.800. The summed E-state index contributed by atoms with van der Waals surface area (Å²) in [6.45, 7) is 2.95.